The van der Waals surface area contributed by atoms with Crippen LogP contribution >= 0.6 is 11.6 Å². The van der Waals surface area contributed by atoms with E-state index in [4.69, 9.17) is 11.6 Å². The number of carbonyl (C=O) groups excluding carboxylic acids is 1. The van der Waals surface area contributed by atoms with E-state index in [0.717, 1.165) is 16.9 Å². The van der Waals surface area contributed by atoms with E-state index < -0.39 is 0 Å². The summed E-state index contributed by atoms with van der Waals surface area (Å²) in [7, 11) is 3.98. The topological polar surface area (TPSA) is 84.8 Å². The standard InChI is InChI=1S/C23H21ClN6O2/c1-28(2)16-5-3-15(4-6-16)26-23-25-13-14-11-20(18-12-17(31)7-8-19(18)24)30-21(32)9-10-29(30)22(14)27-23/h3-8,11-13,31H,9-10H2,1-2H3,(H,25,26,27). The molecule has 2 aliphatic rings. The zero-order valence-electron chi connectivity index (χ0n) is 17.6. The predicted octanol–water partition coefficient (Wildman–Crippen LogP) is 4.11. The highest BCUT2D eigenvalue weighted by atomic mass is 35.5. The van der Waals surface area contributed by atoms with Gasteiger partial charge in [-0.1, -0.05) is 11.6 Å². The molecule has 9 heteroatoms. The third-order valence-electron chi connectivity index (χ3n) is 5.44. The number of carbonyl (C=O) groups is 1. The summed E-state index contributed by atoms with van der Waals surface area (Å²) in [4.78, 5) is 23.9. The Kier molecular flexibility index (Phi) is 4.86. The van der Waals surface area contributed by atoms with Gasteiger partial charge in [-0.25, -0.2) is 9.99 Å². The number of amides is 1. The first kappa shape index (κ1) is 20.1. The lowest BCUT2D eigenvalue weighted by Gasteiger charge is -2.35. The van der Waals surface area contributed by atoms with Crippen LogP contribution in [0.3, 0.4) is 0 Å². The van der Waals surface area contributed by atoms with E-state index in [9.17, 15) is 9.90 Å². The van der Waals surface area contributed by atoms with Crippen molar-refractivity contribution in [1.82, 2.24) is 15.0 Å². The number of hydrogen-bond donors (Lipinski definition) is 2. The van der Waals surface area contributed by atoms with E-state index in [1.54, 1.807) is 23.3 Å². The van der Waals surface area contributed by atoms with Crippen LogP contribution in [0.15, 0.2) is 48.7 Å². The molecule has 162 valence electrons. The number of aromatic nitrogens is 2. The lowest BCUT2D eigenvalue weighted by atomic mass is 10.1. The number of halogens is 1. The van der Waals surface area contributed by atoms with Gasteiger partial charge in [0, 0.05) is 49.2 Å². The zero-order chi connectivity index (χ0) is 22.4. The van der Waals surface area contributed by atoms with Crippen molar-refractivity contribution in [3.63, 3.8) is 0 Å². The van der Waals surface area contributed by atoms with Gasteiger partial charge in [0.25, 0.3) is 0 Å². The number of phenols is 1. The van der Waals surface area contributed by atoms with Crippen molar-refractivity contribution in [1.29, 1.82) is 0 Å². The van der Waals surface area contributed by atoms with E-state index in [2.05, 4.69) is 15.3 Å². The molecule has 1 saturated heterocycles. The molecular formula is C23H21ClN6O2. The Morgan fingerprint density at radius 2 is 1.94 bits per heavy atom. The van der Waals surface area contributed by atoms with E-state index in [-0.39, 0.29) is 11.7 Å². The van der Waals surface area contributed by atoms with Gasteiger partial charge in [0.1, 0.15) is 5.75 Å². The summed E-state index contributed by atoms with van der Waals surface area (Å²) in [5.74, 6) is 1.09. The average Bonchev–Trinajstić information content (AvgIpc) is 3.17. The number of anilines is 4. The van der Waals surface area contributed by atoms with Crippen LogP contribution in [-0.4, -0.2) is 46.6 Å². The normalized spacial score (nSPS) is 14.7. The van der Waals surface area contributed by atoms with Gasteiger partial charge in [0.05, 0.1) is 17.3 Å². The van der Waals surface area contributed by atoms with Crippen molar-refractivity contribution in [2.45, 2.75) is 6.42 Å². The van der Waals surface area contributed by atoms with Crippen LogP contribution in [0.5, 0.6) is 5.75 Å². The lowest BCUT2D eigenvalue weighted by molar-refractivity contribution is -0.125. The molecule has 1 amide bonds. The van der Waals surface area contributed by atoms with E-state index >= 15 is 0 Å². The third-order valence-corrected chi connectivity index (χ3v) is 5.77. The summed E-state index contributed by atoms with van der Waals surface area (Å²) >= 11 is 6.39. The molecule has 0 unspecified atom stereocenters. The molecule has 3 heterocycles. The molecule has 3 aromatic rings. The molecule has 1 fully saturated rings. The Hall–Kier alpha value is -3.78. The van der Waals surface area contributed by atoms with Crippen molar-refractivity contribution in [3.8, 4) is 5.75 Å². The maximum absolute atomic E-state index is 12.7. The maximum atomic E-state index is 12.7. The van der Waals surface area contributed by atoms with Gasteiger partial charge >= 0.3 is 0 Å². The molecule has 32 heavy (non-hydrogen) atoms. The second kappa shape index (κ2) is 7.72. The summed E-state index contributed by atoms with van der Waals surface area (Å²) in [5, 5.41) is 17.0. The number of aromatic hydroxyl groups is 1. The first-order valence-electron chi connectivity index (χ1n) is 10.1. The molecule has 0 spiro atoms. The van der Waals surface area contributed by atoms with Crippen LogP contribution in [0.1, 0.15) is 17.5 Å². The first-order chi connectivity index (χ1) is 15.4. The number of benzene rings is 2. The molecule has 0 bridgehead atoms. The molecule has 5 rings (SSSR count). The fourth-order valence-corrected chi connectivity index (χ4v) is 4.05. The molecule has 2 aromatic carbocycles. The second-order valence-electron chi connectivity index (χ2n) is 7.81. The highest BCUT2D eigenvalue weighted by Crippen LogP contribution is 2.41. The minimum atomic E-state index is -0.0614. The summed E-state index contributed by atoms with van der Waals surface area (Å²) in [5.41, 5.74) is 3.88. The van der Waals surface area contributed by atoms with Crippen molar-refractivity contribution >= 4 is 52.4 Å². The highest BCUT2D eigenvalue weighted by molar-refractivity contribution is 6.32. The van der Waals surface area contributed by atoms with Gasteiger partial charge in [-0.05, 0) is 48.5 Å². The zero-order valence-corrected chi connectivity index (χ0v) is 18.3. The maximum Gasteiger partial charge on any atom is 0.247 e. The van der Waals surface area contributed by atoms with Crippen LogP contribution in [-0.2, 0) is 4.79 Å². The summed E-state index contributed by atoms with van der Waals surface area (Å²) in [6, 6.07) is 12.6. The largest absolute Gasteiger partial charge is 0.508 e. The number of nitrogens with one attached hydrogen (secondary N) is 1. The van der Waals surface area contributed by atoms with Crippen molar-refractivity contribution in [3.05, 3.63) is 64.8 Å². The van der Waals surface area contributed by atoms with Crippen LogP contribution < -0.4 is 15.2 Å². The second-order valence-corrected chi connectivity index (χ2v) is 8.22. The summed E-state index contributed by atoms with van der Waals surface area (Å²) < 4.78 is 0. The molecule has 2 N–H and O–H groups in total. The SMILES string of the molecule is CN(C)c1ccc(Nc2ncc3c(n2)N2CCC(=O)N2C(c2cc(O)ccc2Cl)=C3)cc1. The van der Waals surface area contributed by atoms with Gasteiger partial charge < -0.3 is 15.3 Å². The van der Waals surface area contributed by atoms with Crippen molar-refractivity contribution in [2.75, 3.05) is 35.9 Å². The highest BCUT2D eigenvalue weighted by Gasteiger charge is 2.38. The minimum Gasteiger partial charge on any atom is -0.508 e. The smallest absolute Gasteiger partial charge is 0.247 e. The van der Waals surface area contributed by atoms with Gasteiger partial charge in [-0.15, -0.1) is 0 Å². The number of fused-ring (bicyclic) bond motifs is 3. The monoisotopic (exact) mass is 448 g/mol. The average molecular weight is 449 g/mol. The van der Waals surface area contributed by atoms with Crippen LogP contribution in [0.4, 0.5) is 23.1 Å². The first-order valence-corrected chi connectivity index (χ1v) is 10.5. The Morgan fingerprint density at radius 1 is 1.16 bits per heavy atom. The molecule has 2 aliphatic heterocycles. The number of hydrogen-bond acceptors (Lipinski definition) is 7. The number of rotatable bonds is 4. The molecule has 0 atom stereocenters. The Bertz CT molecular complexity index is 1240. The van der Waals surface area contributed by atoms with E-state index in [1.807, 2.05) is 54.3 Å². The van der Waals surface area contributed by atoms with Crippen molar-refractivity contribution < 1.29 is 9.90 Å². The number of nitrogens with zero attached hydrogens (tertiary/aromatic N) is 5. The predicted molar refractivity (Wildman–Crippen MR) is 126 cm³/mol. The Labute approximate surface area is 190 Å². The van der Waals surface area contributed by atoms with Crippen LogP contribution in [0, 0.1) is 0 Å². The van der Waals surface area contributed by atoms with Crippen molar-refractivity contribution in [2.24, 2.45) is 0 Å². The molecule has 0 aliphatic carbocycles. The minimum absolute atomic E-state index is 0.0614. The van der Waals surface area contributed by atoms with Gasteiger partial charge in [-0.2, -0.15) is 4.98 Å². The van der Waals surface area contributed by atoms with Gasteiger partial charge in [0.15, 0.2) is 5.82 Å². The fraction of sp³-hybridized carbons (Fsp3) is 0.174. The third kappa shape index (κ3) is 3.48. The Balaban J connectivity index is 1.52. The lowest BCUT2D eigenvalue weighted by Crippen LogP contribution is -2.40. The summed E-state index contributed by atoms with van der Waals surface area (Å²) in [6.45, 7) is 0.494. The van der Waals surface area contributed by atoms with Gasteiger partial charge in [-0.3, -0.25) is 9.80 Å². The van der Waals surface area contributed by atoms with Crippen LogP contribution in [0.2, 0.25) is 5.02 Å². The van der Waals surface area contributed by atoms with Gasteiger partial charge in [0.2, 0.25) is 11.9 Å². The number of phenolic OH excluding ortho intramolecular Hbond substituents is 1. The van der Waals surface area contributed by atoms with E-state index in [0.29, 0.717) is 41.0 Å². The summed E-state index contributed by atoms with van der Waals surface area (Å²) in [6.07, 6.45) is 3.90. The van der Waals surface area contributed by atoms with E-state index in [1.165, 1.54) is 6.07 Å². The Morgan fingerprint density at radius 3 is 2.69 bits per heavy atom. The number of hydrazine groups is 1. The van der Waals surface area contributed by atoms with Crippen LogP contribution in [0.25, 0.3) is 11.8 Å². The molecule has 0 saturated carbocycles. The molecule has 1 aromatic heterocycles. The quantitative estimate of drug-likeness (QED) is 0.621. The molecule has 8 nitrogen and oxygen atoms in total. The fourth-order valence-electron chi connectivity index (χ4n) is 3.84. The molecular weight excluding hydrogens is 428 g/mol. The molecule has 0 radical (unpaired) electrons.